The molecule has 2 N–H and O–H groups in total. The number of thiocarbonyl (C=S) groups is 2. The van der Waals surface area contributed by atoms with Crippen LogP contribution in [0.3, 0.4) is 0 Å². The Morgan fingerprint density at radius 2 is 0.970 bits per heavy atom. The summed E-state index contributed by atoms with van der Waals surface area (Å²) >= 11 is 7.40. The minimum absolute atomic E-state index is 0. The monoisotopic (exact) mass is 515 g/mol. The molecule has 0 unspecified atom stereocenters. The molecule has 0 aliphatic heterocycles. The van der Waals surface area contributed by atoms with E-state index in [2.05, 4.69) is 64.8 Å². The van der Waals surface area contributed by atoms with Crippen molar-refractivity contribution >= 4 is 58.0 Å². The summed E-state index contributed by atoms with van der Waals surface area (Å²) in [4.78, 5) is 13.5. The van der Waals surface area contributed by atoms with Crippen molar-refractivity contribution < 1.29 is 17.1 Å². The zero-order valence-corrected chi connectivity index (χ0v) is 19.7. The average molecular weight is 515 g/mol. The number of nitrogens with one attached hydrogen (secondary N) is 2. The molecule has 2 aromatic heterocycles. The van der Waals surface area contributed by atoms with Crippen LogP contribution in [0, 0.1) is 0 Å². The van der Waals surface area contributed by atoms with Gasteiger partial charge in [-0.1, -0.05) is 60.8 Å². The molecule has 0 spiro atoms. The summed E-state index contributed by atoms with van der Waals surface area (Å²) in [5.41, 5.74) is 1.64. The maximum Gasteiger partial charge on any atom is 2.00 e. The van der Waals surface area contributed by atoms with Gasteiger partial charge in [0, 0.05) is 24.8 Å². The van der Waals surface area contributed by atoms with E-state index in [1.165, 1.54) is 10.3 Å². The van der Waals surface area contributed by atoms with E-state index in [9.17, 15) is 0 Å². The molecule has 1 radical (unpaired) electrons. The van der Waals surface area contributed by atoms with Crippen LogP contribution in [-0.4, -0.2) is 30.3 Å². The Labute approximate surface area is 211 Å². The summed E-state index contributed by atoms with van der Waals surface area (Å²) in [5, 5.41) is 32.7. The van der Waals surface area contributed by atoms with Crippen LogP contribution in [0.5, 0.6) is 0 Å². The van der Waals surface area contributed by atoms with Crippen molar-refractivity contribution in [1.82, 2.24) is 19.9 Å². The number of rotatable bonds is 4. The van der Waals surface area contributed by atoms with Crippen LogP contribution in [0.25, 0.3) is 10.8 Å². The van der Waals surface area contributed by atoms with Gasteiger partial charge in [-0.05, 0) is 24.3 Å². The molecule has 0 aliphatic carbocycles. The number of azo groups is 2. The van der Waals surface area contributed by atoms with Gasteiger partial charge in [-0.25, -0.2) is 9.97 Å². The normalized spacial score (nSPS) is 8.97. The SMILES string of the molecule is [Mn+2].[N-]=C=S.[N-]=C=S.c1ccc(N=Nc2ncc[nH]2)cc1.c1ccc(N=Nc2ncc[nH]2)cc1. The van der Waals surface area contributed by atoms with Crippen molar-refractivity contribution in [3.8, 4) is 0 Å². The smallest absolute Gasteiger partial charge is 0.753 e. The first-order valence-electron chi connectivity index (χ1n) is 8.68. The Morgan fingerprint density at radius 1 is 0.636 bits per heavy atom. The Kier molecular flexibility index (Phi) is 17.8. The Hall–Kier alpha value is -3.82. The van der Waals surface area contributed by atoms with Crippen molar-refractivity contribution in [2.45, 2.75) is 0 Å². The van der Waals surface area contributed by atoms with Crippen molar-refractivity contribution in [2.24, 2.45) is 20.5 Å². The number of aromatic amines is 2. The Bertz CT molecular complexity index is 1010. The van der Waals surface area contributed by atoms with Gasteiger partial charge in [0.15, 0.2) is 0 Å². The minimum atomic E-state index is 0. The molecule has 0 saturated carbocycles. The molecular weight excluding hydrogens is 499 g/mol. The van der Waals surface area contributed by atoms with E-state index in [-0.39, 0.29) is 17.1 Å². The van der Waals surface area contributed by atoms with Crippen LogP contribution in [0.4, 0.5) is 23.3 Å². The largest absolute Gasteiger partial charge is 2.00 e. The summed E-state index contributed by atoms with van der Waals surface area (Å²) < 4.78 is 0. The third-order valence-corrected chi connectivity index (χ3v) is 3.00. The molecule has 13 heteroatoms. The fourth-order valence-electron chi connectivity index (χ4n) is 1.82. The number of aromatic nitrogens is 4. The average Bonchev–Trinajstić information content (AvgIpc) is 3.54. The van der Waals surface area contributed by atoms with Crippen LogP contribution < -0.4 is 0 Å². The second kappa shape index (κ2) is 20.1. The molecule has 10 nitrogen and oxygen atoms in total. The van der Waals surface area contributed by atoms with Gasteiger partial charge >= 0.3 is 17.1 Å². The number of H-pyrrole nitrogens is 2. The Balaban J connectivity index is 0.000000491. The molecule has 4 rings (SSSR count). The number of isothiocyanates is 2. The zero-order chi connectivity index (χ0) is 23.3. The van der Waals surface area contributed by atoms with Crippen LogP contribution >= 0.6 is 24.4 Å². The van der Waals surface area contributed by atoms with Crippen molar-refractivity contribution in [3.63, 3.8) is 0 Å². The van der Waals surface area contributed by atoms with Crippen LogP contribution in [0.15, 0.2) is 106 Å². The van der Waals surface area contributed by atoms with E-state index in [1.807, 2.05) is 60.7 Å². The molecule has 4 aromatic rings. The molecule has 2 heterocycles. The summed E-state index contributed by atoms with van der Waals surface area (Å²) in [6.45, 7) is 0. The first-order valence-corrected chi connectivity index (χ1v) is 9.50. The molecule has 0 saturated heterocycles. The second-order valence-electron chi connectivity index (χ2n) is 5.08. The minimum Gasteiger partial charge on any atom is -0.753 e. The summed E-state index contributed by atoms with van der Waals surface area (Å²) in [6, 6.07) is 19.1. The zero-order valence-electron chi connectivity index (χ0n) is 16.9. The third-order valence-electron chi connectivity index (χ3n) is 3.00. The van der Waals surface area contributed by atoms with E-state index in [0.717, 1.165) is 11.4 Å². The first kappa shape index (κ1) is 29.2. The van der Waals surface area contributed by atoms with E-state index in [1.54, 1.807) is 24.8 Å². The van der Waals surface area contributed by atoms with Gasteiger partial charge in [0.25, 0.3) is 0 Å². The van der Waals surface area contributed by atoms with Crippen molar-refractivity contribution in [1.29, 1.82) is 0 Å². The molecule has 0 amide bonds. The molecule has 0 aliphatic rings. The van der Waals surface area contributed by atoms with Gasteiger partial charge in [0.2, 0.25) is 11.9 Å². The summed E-state index contributed by atoms with van der Waals surface area (Å²) in [6.07, 6.45) is 6.69. The molecule has 0 bridgehead atoms. The molecule has 2 aromatic carbocycles. The van der Waals surface area contributed by atoms with Gasteiger partial charge in [-0.15, -0.1) is 20.5 Å². The second-order valence-corrected chi connectivity index (χ2v) is 5.44. The van der Waals surface area contributed by atoms with Gasteiger partial charge in [-0.2, -0.15) is 10.3 Å². The van der Waals surface area contributed by atoms with Crippen LogP contribution in [0.1, 0.15) is 0 Å². The van der Waals surface area contributed by atoms with E-state index in [4.69, 9.17) is 10.8 Å². The van der Waals surface area contributed by atoms with Gasteiger partial charge in [-0.3, -0.25) is 0 Å². The third kappa shape index (κ3) is 14.8. The van der Waals surface area contributed by atoms with Crippen LogP contribution in [-0.2, 0) is 17.1 Å². The molecule has 0 atom stereocenters. The van der Waals surface area contributed by atoms with E-state index < -0.39 is 0 Å². The molecule has 33 heavy (non-hydrogen) atoms. The maximum atomic E-state index is 7.13. The topological polar surface area (TPSA) is 151 Å². The van der Waals surface area contributed by atoms with Gasteiger partial charge in [0.05, 0.1) is 11.4 Å². The number of benzene rings is 2. The fourth-order valence-corrected chi connectivity index (χ4v) is 1.82. The van der Waals surface area contributed by atoms with Crippen molar-refractivity contribution in [3.05, 3.63) is 96.3 Å². The maximum absolute atomic E-state index is 7.13. The number of hydrogen-bond acceptors (Lipinski definition) is 8. The van der Waals surface area contributed by atoms with E-state index in [0.29, 0.717) is 11.9 Å². The summed E-state index contributed by atoms with van der Waals surface area (Å²) in [7, 11) is 0. The Morgan fingerprint density at radius 3 is 1.24 bits per heavy atom. The van der Waals surface area contributed by atoms with Gasteiger partial charge in [0.1, 0.15) is 0 Å². The molecule has 165 valence electrons. The molecular formula is C20H16MnN10S2. The summed E-state index contributed by atoms with van der Waals surface area (Å²) in [5.74, 6) is 1.03. The standard InChI is InChI=1S/2C9H8N4.2CNS.Mn/c2*1-2-4-8(5-3-1)12-13-9-10-6-7-11-9;2*2-1-3;/h2*1-7H,(H,10,11);;;/q;;2*-1;+2. The first-order chi connectivity index (χ1) is 15.7. The number of imidazole rings is 2. The number of hydrogen-bond donors (Lipinski definition) is 2. The van der Waals surface area contributed by atoms with Crippen molar-refractivity contribution in [2.75, 3.05) is 0 Å². The fraction of sp³-hybridized carbons (Fsp3) is 0. The molecule has 0 fully saturated rings. The van der Waals surface area contributed by atoms with E-state index >= 15 is 0 Å². The van der Waals surface area contributed by atoms with Gasteiger partial charge < -0.3 is 20.8 Å². The number of nitrogens with zero attached hydrogens (tertiary/aromatic N) is 8. The quantitative estimate of drug-likeness (QED) is 0.130. The predicted molar refractivity (Wildman–Crippen MR) is 130 cm³/mol. The predicted octanol–water partition coefficient (Wildman–Crippen LogP) is 6.96. The van der Waals surface area contributed by atoms with Crippen LogP contribution in [0.2, 0.25) is 0 Å².